The Morgan fingerprint density at radius 3 is 2.83 bits per heavy atom. The highest BCUT2D eigenvalue weighted by atomic mass is 32.2. The summed E-state index contributed by atoms with van der Waals surface area (Å²) in [6.07, 6.45) is 1.84. The van der Waals surface area contributed by atoms with Crippen molar-refractivity contribution in [2.45, 2.75) is 24.3 Å². The van der Waals surface area contributed by atoms with Crippen LogP contribution in [0.1, 0.15) is 23.7 Å². The summed E-state index contributed by atoms with van der Waals surface area (Å²) in [7, 11) is -3.65. The van der Waals surface area contributed by atoms with Crippen molar-refractivity contribution in [3.63, 3.8) is 0 Å². The molecule has 0 radical (unpaired) electrons. The Morgan fingerprint density at radius 2 is 2.12 bits per heavy atom. The highest BCUT2D eigenvalue weighted by Crippen LogP contribution is 2.24. The molecule has 1 aliphatic heterocycles. The number of ketones is 1. The van der Waals surface area contributed by atoms with E-state index in [0.29, 0.717) is 24.4 Å². The van der Waals surface area contributed by atoms with Crippen LogP contribution in [0.4, 0.5) is 0 Å². The molecule has 2 aromatic rings. The Bertz CT molecular complexity index is 839. The quantitative estimate of drug-likeness (QED) is 0.762. The van der Waals surface area contributed by atoms with Crippen molar-refractivity contribution in [2.24, 2.45) is 0 Å². The second-order valence-electron chi connectivity index (χ2n) is 5.54. The molecule has 8 heteroatoms. The van der Waals surface area contributed by atoms with Crippen LogP contribution in [0.2, 0.25) is 0 Å². The van der Waals surface area contributed by atoms with Crippen LogP contribution >= 0.6 is 0 Å². The molecule has 0 bridgehead atoms. The Kier molecular flexibility index (Phi) is 4.59. The third kappa shape index (κ3) is 3.44. The zero-order valence-corrected chi connectivity index (χ0v) is 13.9. The van der Waals surface area contributed by atoms with E-state index in [0.717, 1.165) is 0 Å². The molecule has 7 nitrogen and oxygen atoms in total. The summed E-state index contributed by atoms with van der Waals surface area (Å²) in [6.45, 7) is 2.01. The molecule has 1 aromatic carbocycles. The molecule has 1 atom stereocenters. The van der Waals surface area contributed by atoms with Gasteiger partial charge in [0.25, 0.3) is 0 Å². The van der Waals surface area contributed by atoms with Gasteiger partial charge in [0.1, 0.15) is 6.10 Å². The molecule has 0 amide bonds. The van der Waals surface area contributed by atoms with Crippen LogP contribution in [0.15, 0.2) is 47.5 Å². The molecular formula is C16H17N3O4S. The van der Waals surface area contributed by atoms with Crippen LogP contribution in [-0.4, -0.2) is 47.9 Å². The largest absolute Gasteiger partial charge is 0.472 e. The molecule has 1 aromatic heterocycles. The molecule has 0 saturated carbocycles. The minimum atomic E-state index is -3.65. The fraction of sp³-hybridized carbons (Fsp3) is 0.312. The minimum absolute atomic E-state index is 0.121. The molecule has 0 spiro atoms. The van der Waals surface area contributed by atoms with Gasteiger partial charge in [0, 0.05) is 24.4 Å². The number of hydrogen-bond donors (Lipinski definition) is 0. The lowest BCUT2D eigenvalue weighted by molar-refractivity contribution is 0.101. The maximum atomic E-state index is 12.7. The number of carbonyl (C=O) groups is 1. The van der Waals surface area contributed by atoms with Crippen LogP contribution in [0.5, 0.6) is 5.88 Å². The average molecular weight is 347 g/mol. The SMILES string of the molecule is CC(=O)c1cccc(S(=O)(=O)N2CCC(Oc3cccnn3)C2)c1. The van der Waals surface area contributed by atoms with Gasteiger partial charge in [-0.25, -0.2) is 8.42 Å². The molecule has 1 unspecified atom stereocenters. The van der Waals surface area contributed by atoms with Gasteiger partial charge in [-0.05, 0) is 31.5 Å². The summed E-state index contributed by atoms with van der Waals surface area (Å²) in [6, 6.07) is 9.48. The lowest BCUT2D eigenvalue weighted by atomic mass is 10.2. The van der Waals surface area contributed by atoms with Gasteiger partial charge < -0.3 is 4.74 Å². The second-order valence-corrected chi connectivity index (χ2v) is 7.48. The van der Waals surface area contributed by atoms with Crippen LogP contribution in [-0.2, 0) is 10.0 Å². The summed E-state index contributed by atoms with van der Waals surface area (Å²) in [5, 5.41) is 7.57. The number of benzene rings is 1. The number of Topliss-reactive ketones (excluding diaryl/α,β-unsaturated/α-hetero) is 1. The highest BCUT2D eigenvalue weighted by molar-refractivity contribution is 7.89. The van der Waals surface area contributed by atoms with Gasteiger partial charge in [-0.1, -0.05) is 12.1 Å². The van der Waals surface area contributed by atoms with Crippen molar-refractivity contribution in [3.05, 3.63) is 48.2 Å². The Hall–Kier alpha value is -2.32. The van der Waals surface area contributed by atoms with Crippen LogP contribution in [0, 0.1) is 0 Å². The predicted octanol–water partition coefficient (Wildman–Crippen LogP) is 1.52. The normalized spacial score (nSPS) is 18.5. The first-order chi connectivity index (χ1) is 11.5. The number of sulfonamides is 1. The van der Waals surface area contributed by atoms with Crippen molar-refractivity contribution < 1.29 is 17.9 Å². The van der Waals surface area contributed by atoms with Gasteiger partial charge in [-0.15, -0.1) is 5.10 Å². The molecule has 2 heterocycles. The number of nitrogens with zero attached hydrogens (tertiary/aromatic N) is 3. The molecule has 1 fully saturated rings. The van der Waals surface area contributed by atoms with Crippen LogP contribution < -0.4 is 4.74 Å². The van der Waals surface area contributed by atoms with Crippen molar-refractivity contribution in [1.82, 2.24) is 14.5 Å². The summed E-state index contributed by atoms with van der Waals surface area (Å²) >= 11 is 0. The van der Waals surface area contributed by atoms with E-state index >= 15 is 0 Å². The average Bonchev–Trinajstić information content (AvgIpc) is 3.05. The van der Waals surface area contributed by atoms with E-state index < -0.39 is 10.0 Å². The Labute approximate surface area is 140 Å². The molecule has 24 heavy (non-hydrogen) atoms. The first-order valence-electron chi connectivity index (χ1n) is 7.52. The summed E-state index contributed by atoms with van der Waals surface area (Å²) in [5.41, 5.74) is 0.377. The first-order valence-corrected chi connectivity index (χ1v) is 8.96. The van der Waals surface area contributed by atoms with Gasteiger partial charge in [0.2, 0.25) is 15.9 Å². The lowest BCUT2D eigenvalue weighted by Gasteiger charge is -2.17. The van der Waals surface area contributed by atoms with Crippen molar-refractivity contribution in [1.29, 1.82) is 0 Å². The smallest absolute Gasteiger partial charge is 0.243 e. The Morgan fingerprint density at radius 1 is 1.29 bits per heavy atom. The van der Waals surface area contributed by atoms with E-state index in [9.17, 15) is 13.2 Å². The van der Waals surface area contributed by atoms with E-state index in [2.05, 4.69) is 10.2 Å². The number of hydrogen-bond acceptors (Lipinski definition) is 6. The van der Waals surface area contributed by atoms with Gasteiger partial charge in [-0.2, -0.15) is 9.40 Å². The van der Waals surface area contributed by atoms with Crippen molar-refractivity contribution >= 4 is 15.8 Å². The molecular weight excluding hydrogens is 330 g/mol. The standard InChI is InChI=1S/C16H17N3O4S/c1-12(20)13-4-2-5-15(10-13)24(21,22)19-9-7-14(11-19)23-16-6-3-8-17-18-16/h2-6,8,10,14H,7,9,11H2,1H3. The minimum Gasteiger partial charge on any atom is -0.472 e. The zero-order chi connectivity index (χ0) is 17.2. The number of aromatic nitrogens is 2. The highest BCUT2D eigenvalue weighted by Gasteiger charge is 2.34. The molecule has 1 saturated heterocycles. The first kappa shape index (κ1) is 16.5. The maximum absolute atomic E-state index is 12.7. The number of rotatable bonds is 5. The van der Waals surface area contributed by atoms with E-state index in [1.807, 2.05) is 0 Å². The molecule has 0 aliphatic carbocycles. The van der Waals surface area contributed by atoms with Gasteiger partial charge in [0.05, 0.1) is 11.4 Å². The fourth-order valence-corrected chi connectivity index (χ4v) is 4.09. The fourth-order valence-electron chi connectivity index (χ4n) is 2.56. The molecule has 1 aliphatic rings. The third-order valence-electron chi connectivity index (χ3n) is 3.82. The topological polar surface area (TPSA) is 89.5 Å². The maximum Gasteiger partial charge on any atom is 0.243 e. The monoisotopic (exact) mass is 347 g/mol. The second kappa shape index (κ2) is 6.66. The van der Waals surface area contributed by atoms with Crippen molar-refractivity contribution in [2.75, 3.05) is 13.1 Å². The summed E-state index contributed by atoms with van der Waals surface area (Å²) < 4.78 is 32.5. The number of ether oxygens (including phenoxy) is 1. The molecule has 0 N–H and O–H groups in total. The molecule has 126 valence electrons. The summed E-state index contributed by atoms with van der Waals surface area (Å²) in [4.78, 5) is 11.6. The Balaban J connectivity index is 1.74. The van der Waals surface area contributed by atoms with E-state index in [-0.39, 0.29) is 23.3 Å². The van der Waals surface area contributed by atoms with Gasteiger partial charge in [-0.3, -0.25) is 4.79 Å². The van der Waals surface area contributed by atoms with Gasteiger partial charge >= 0.3 is 0 Å². The van der Waals surface area contributed by atoms with E-state index in [4.69, 9.17) is 4.74 Å². The van der Waals surface area contributed by atoms with Crippen LogP contribution in [0.25, 0.3) is 0 Å². The van der Waals surface area contributed by atoms with Gasteiger partial charge in [0.15, 0.2) is 5.78 Å². The lowest BCUT2D eigenvalue weighted by Crippen LogP contribution is -2.31. The van der Waals surface area contributed by atoms with E-state index in [1.54, 1.807) is 30.5 Å². The molecule has 3 rings (SSSR count). The van der Waals surface area contributed by atoms with Crippen LogP contribution in [0.3, 0.4) is 0 Å². The predicted molar refractivity (Wildman–Crippen MR) is 86.3 cm³/mol. The third-order valence-corrected chi connectivity index (χ3v) is 5.68. The zero-order valence-electron chi connectivity index (χ0n) is 13.1. The number of carbonyl (C=O) groups excluding carboxylic acids is 1. The summed E-state index contributed by atoms with van der Waals surface area (Å²) in [5.74, 6) is 0.206. The van der Waals surface area contributed by atoms with Crippen molar-refractivity contribution in [3.8, 4) is 5.88 Å². The van der Waals surface area contributed by atoms with E-state index in [1.165, 1.54) is 23.4 Å².